The summed E-state index contributed by atoms with van der Waals surface area (Å²) in [7, 11) is 9.59. The number of hydrogen-bond acceptors (Lipinski definition) is 5. The monoisotopic (exact) mass is 410 g/mol. The van der Waals surface area contributed by atoms with Crippen molar-refractivity contribution >= 4 is 20.2 Å². The van der Waals surface area contributed by atoms with Gasteiger partial charge in [0.2, 0.25) is 0 Å². The van der Waals surface area contributed by atoms with Crippen LogP contribution in [-0.4, -0.2) is 62.9 Å². The summed E-state index contributed by atoms with van der Waals surface area (Å²) >= 11 is 0.00694. The topological polar surface area (TPSA) is 60.1 Å². The first-order valence-corrected chi connectivity index (χ1v) is 11.7. The average Bonchev–Trinajstić information content (AvgIpc) is 2.52. The molecule has 5 nitrogen and oxygen atoms in total. The predicted molar refractivity (Wildman–Crippen MR) is 99.0 cm³/mol. The molecule has 0 bridgehead atoms. The van der Waals surface area contributed by atoms with E-state index in [1.54, 1.807) is 0 Å². The summed E-state index contributed by atoms with van der Waals surface area (Å²) in [4.78, 5) is 0. The van der Waals surface area contributed by atoms with Crippen LogP contribution < -0.4 is 26.6 Å². The molecule has 0 amide bonds. The first-order valence-electron chi connectivity index (χ1n) is 8.42. The molecule has 141 valence electrons. The van der Waals surface area contributed by atoms with Crippen LogP contribution in [0.5, 0.6) is 0 Å². The van der Waals surface area contributed by atoms with Gasteiger partial charge in [-0.3, -0.25) is 0 Å². The molecule has 1 aliphatic heterocycles. The number of rotatable bonds is 0. The van der Waals surface area contributed by atoms with E-state index in [1.807, 2.05) is 0 Å². The molecule has 0 radical (unpaired) electrons. The van der Waals surface area contributed by atoms with Gasteiger partial charge in [-0.1, -0.05) is 0 Å². The third-order valence-corrected chi connectivity index (χ3v) is 3.86. The van der Waals surface area contributed by atoms with E-state index in [1.165, 1.54) is 0 Å². The fraction of sp³-hybridized carbons (Fsp3) is 1.00. The Bertz CT molecular complexity index is 198. The van der Waals surface area contributed by atoms with Crippen LogP contribution in [0.1, 0.15) is 34.6 Å². The first kappa shape index (κ1) is 23.9. The predicted octanol–water partition coefficient (Wildman–Crippen LogP) is 1.27. The number of halogens is 2. The average molecular weight is 411 g/mol. The Hall–Kier alpha value is 0.899. The van der Waals surface area contributed by atoms with E-state index in [4.69, 9.17) is 20.2 Å². The normalized spacial score (nSPS) is 35.3. The van der Waals surface area contributed by atoms with Crippen LogP contribution >= 0.6 is 20.2 Å². The van der Waals surface area contributed by atoms with Crippen molar-refractivity contribution in [3.8, 4) is 0 Å². The second-order valence-corrected chi connectivity index (χ2v) is 8.55. The number of nitrogens with one attached hydrogen (secondary N) is 5. The van der Waals surface area contributed by atoms with Gasteiger partial charge in [-0.15, -0.1) is 0 Å². The van der Waals surface area contributed by atoms with Crippen LogP contribution in [0.4, 0.5) is 0 Å². The molecule has 5 atom stereocenters. The van der Waals surface area contributed by atoms with Crippen LogP contribution in [0.2, 0.25) is 0 Å². The van der Waals surface area contributed by atoms with Gasteiger partial charge in [-0.2, -0.15) is 0 Å². The summed E-state index contributed by atoms with van der Waals surface area (Å²) in [6, 6.07) is 2.50. The van der Waals surface area contributed by atoms with Crippen LogP contribution in [0.15, 0.2) is 0 Å². The molecule has 0 aromatic carbocycles. The molecule has 23 heavy (non-hydrogen) atoms. The molecule has 0 aromatic heterocycles. The molecule has 0 saturated carbocycles. The Kier molecular flexibility index (Phi) is 15.8. The second kappa shape index (κ2) is 15.2. The zero-order valence-corrected chi connectivity index (χ0v) is 17.7. The maximum atomic E-state index is 4.80. The summed E-state index contributed by atoms with van der Waals surface area (Å²) in [5, 5.41) is 17.9. The third-order valence-electron chi connectivity index (χ3n) is 3.86. The molecule has 1 saturated heterocycles. The summed E-state index contributed by atoms with van der Waals surface area (Å²) in [5.41, 5.74) is 0. The Labute approximate surface area is 157 Å². The van der Waals surface area contributed by atoms with Gasteiger partial charge in [0.1, 0.15) is 0 Å². The Morgan fingerprint density at radius 3 is 0.783 bits per heavy atom. The van der Waals surface area contributed by atoms with E-state index in [0.717, 1.165) is 32.7 Å². The van der Waals surface area contributed by atoms with Crippen LogP contribution in [0, 0.1) is 0 Å². The fourth-order valence-electron chi connectivity index (χ4n) is 2.25. The van der Waals surface area contributed by atoms with E-state index in [9.17, 15) is 0 Å². The summed E-state index contributed by atoms with van der Waals surface area (Å²) in [5.74, 6) is 0. The fourth-order valence-corrected chi connectivity index (χ4v) is 2.25. The molecule has 0 spiro atoms. The SMILES string of the molecule is C[C@@H]1CN[C@@H](C)CN[C@H](C)CN[C@@H](C)CN[C@@H](C)CN1.[Cl][Mn][Cl]. The molecular weight excluding hydrogens is 376 g/mol. The van der Waals surface area contributed by atoms with Gasteiger partial charge in [-0.05, 0) is 34.6 Å². The Morgan fingerprint density at radius 1 is 0.522 bits per heavy atom. The van der Waals surface area contributed by atoms with Crippen molar-refractivity contribution in [2.45, 2.75) is 64.8 Å². The summed E-state index contributed by atoms with van der Waals surface area (Å²) in [6.07, 6.45) is 0. The summed E-state index contributed by atoms with van der Waals surface area (Å²) < 4.78 is 0. The van der Waals surface area contributed by atoms with Crippen molar-refractivity contribution in [1.82, 2.24) is 26.6 Å². The minimum absolute atomic E-state index is 0.00694. The van der Waals surface area contributed by atoms with Crippen molar-refractivity contribution in [2.75, 3.05) is 32.7 Å². The molecule has 1 heterocycles. The molecule has 0 aromatic rings. The third kappa shape index (κ3) is 14.9. The first-order chi connectivity index (χ1) is 10.9. The van der Waals surface area contributed by atoms with E-state index in [0.29, 0.717) is 30.2 Å². The maximum absolute atomic E-state index is 4.80. The van der Waals surface area contributed by atoms with Gasteiger partial charge in [0.05, 0.1) is 0 Å². The molecule has 1 fully saturated rings. The van der Waals surface area contributed by atoms with E-state index < -0.39 is 0 Å². The van der Waals surface area contributed by atoms with Crippen molar-refractivity contribution in [3.05, 3.63) is 0 Å². The van der Waals surface area contributed by atoms with Gasteiger partial charge in [0.15, 0.2) is 0 Å². The van der Waals surface area contributed by atoms with Gasteiger partial charge in [0, 0.05) is 62.9 Å². The van der Waals surface area contributed by atoms with Crippen LogP contribution in [0.25, 0.3) is 0 Å². The molecule has 0 unspecified atom stereocenters. The second-order valence-electron chi connectivity index (χ2n) is 6.60. The summed E-state index contributed by atoms with van der Waals surface area (Å²) in [6.45, 7) is 16.3. The van der Waals surface area contributed by atoms with Gasteiger partial charge in [0.25, 0.3) is 0 Å². The van der Waals surface area contributed by atoms with E-state index in [-0.39, 0.29) is 13.1 Å². The Morgan fingerprint density at radius 2 is 0.652 bits per heavy atom. The van der Waals surface area contributed by atoms with Crippen molar-refractivity contribution in [3.63, 3.8) is 0 Å². The molecule has 1 aliphatic rings. The minimum atomic E-state index is 0.00694. The van der Waals surface area contributed by atoms with Gasteiger partial charge in [-0.25, -0.2) is 0 Å². The van der Waals surface area contributed by atoms with Crippen molar-refractivity contribution in [2.24, 2.45) is 0 Å². The molecule has 5 N–H and O–H groups in total. The zero-order chi connectivity index (χ0) is 17.7. The van der Waals surface area contributed by atoms with Gasteiger partial charge < -0.3 is 26.6 Å². The Balaban J connectivity index is 0.00000149. The van der Waals surface area contributed by atoms with E-state index >= 15 is 0 Å². The number of hydrogen-bond donors (Lipinski definition) is 5. The van der Waals surface area contributed by atoms with Crippen molar-refractivity contribution < 1.29 is 13.1 Å². The van der Waals surface area contributed by atoms with Crippen molar-refractivity contribution in [1.29, 1.82) is 0 Å². The van der Waals surface area contributed by atoms with Crippen LogP contribution in [0.3, 0.4) is 0 Å². The quantitative estimate of drug-likeness (QED) is 0.389. The molecular formula is C15H35Cl2MnN5. The van der Waals surface area contributed by atoms with Crippen LogP contribution in [-0.2, 0) is 13.1 Å². The molecule has 0 aliphatic carbocycles. The molecule has 1 rings (SSSR count). The molecule has 8 heteroatoms. The van der Waals surface area contributed by atoms with E-state index in [2.05, 4.69) is 61.2 Å². The van der Waals surface area contributed by atoms with Gasteiger partial charge >= 0.3 is 33.3 Å². The zero-order valence-electron chi connectivity index (χ0n) is 15.1. The standard InChI is InChI=1S/C15H35N5.2ClH.Mn/c1-11-6-17-13(3)8-19-15(5)10-20-14(4)9-18-12(2)7-16-11;;;/h11-20H,6-10H2,1-5H3;2*1H;/q;;;+2/p-2/t11-,12-,13+,14+,15-;;;/m0.../s1.